The summed E-state index contributed by atoms with van der Waals surface area (Å²) in [6.45, 7) is 0. The van der Waals surface area contributed by atoms with Gasteiger partial charge in [-0.1, -0.05) is 18.2 Å². The predicted octanol–water partition coefficient (Wildman–Crippen LogP) is 2.07. The Morgan fingerprint density at radius 2 is 1.67 bits per heavy atom. The Hall–Kier alpha value is -1.55. The van der Waals surface area contributed by atoms with E-state index in [0.717, 1.165) is 0 Å². The zero-order valence-electron chi connectivity index (χ0n) is 7.81. The lowest BCUT2D eigenvalue weighted by atomic mass is 10.3. The van der Waals surface area contributed by atoms with Crippen LogP contribution in [0.4, 0.5) is 0 Å². The molecular weight excluding hydrogens is 220 g/mol. The molecule has 0 atom stereocenters. The lowest BCUT2D eigenvalue weighted by Gasteiger charge is -2.02. The highest BCUT2D eigenvalue weighted by molar-refractivity contribution is 6.13. The number of ether oxygens (including phenoxy) is 1. The Balaban J connectivity index is 2.34. The van der Waals surface area contributed by atoms with Gasteiger partial charge in [-0.2, -0.15) is 0 Å². The molecule has 1 rings (SSSR count). The van der Waals surface area contributed by atoms with Crippen LogP contribution in [0.5, 0.6) is 5.75 Å². The number of carbonyl (C=O) groups is 2. The van der Waals surface area contributed by atoms with Crippen LogP contribution < -0.4 is 4.74 Å². The molecule has 15 heavy (non-hydrogen) atoms. The van der Waals surface area contributed by atoms with Crippen LogP contribution in [0.25, 0.3) is 0 Å². The van der Waals surface area contributed by atoms with Crippen LogP contribution >= 0.6 is 11.9 Å². The number of hydrogen-bond acceptors (Lipinski definition) is 4. The number of halogens is 1. The molecule has 0 aliphatic carbocycles. The van der Waals surface area contributed by atoms with Crippen molar-refractivity contribution >= 4 is 23.8 Å². The molecule has 5 heteroatoms. The maximum Gasteiger partial charge on any atom is 0.325 e. The number of benzene rings is 1. The van der Waals surface area contributed by atoms with Crippen LogP contribution in [0, 0.1) is 0 Å². The molecule has 0 saturated carbocycles. The fourth-order valence-electron chi connectivity index (χ4n) is 0.914. The first kappa shape index (κ1) is 11.5. The Morgan fingerprint density at radius 1 is 1.07 bits per heavy atom. The van der Waals surface area contributed by atoms with E-state index in [2.05, 4.69) is 4.29 Å². The molecule has 4 nitrogen and oxygen atoms in total. The third-order valence-electron chi connectivity index (χ3n) is 1.59. The molecule has 0 radical (unpaired) electrons. The first-order valence-electron chi connectivity index (χ1n) is 4.29. The number of hydrogen-bond donors (Lipinski definition) is 0. The summed E-state index contributed by atoms with van der Waals surface area (Å²) in [5.41, 5.74) is 0. The van der Waals surface area contributed by atoms with Crippen molar-refractivity contribution in [2.75, 3.05) is 0 Å². The average Bonchev–Trinajstić information content (AvgIpc) is 2.27. The molecule has 80 valence electrons. The van der Waals surface area contributed by atoms with Gasteiger partial charge in [0.1, 0.15) is 17.6 Å². The third kappa shape index (κ3) is 4.46. The Morgan fingerprint density at radius 3 is 2.27 bits per heavy atom. The van der Waals surface area contributed by atoms with Gasteiger partial charge in [0.05, 0.1) is 12.8 Å². The van der Waals surface area contributed by atoms with Crippen molar-refractivity contribution in [3.05, 3.63) is 30.3 Å². The van der Waals surface area contributed by atoms with E-state index in [1.807, 2.05) is 6.07 Å². The van der Waals surface area contributed by atoms with E-state index >= 15 is 0 Å². The molecule has 0 aliphatic rings. The second-order valence-electron chi connectivity index (χ2n) is 2.74. The molecule has 0 N–H and O–H groups in total. The van der Waals surface area contributed by atoms with Crippen molar-refractivity contribution in [1.82, 2.24) is 0 Å². The average molecular weight is 229 g/mol. The van der Waals surface area contributed by atoms with Crippen molar-refractivity contribution in [3.8, 4) is 5.75 Å². The van der Waals surface area contributed by atoms with Crippen molar-refractivity contribution in [2.24, 2.45) is 0 Å². The highest BCUT2D eigenvalue weighted by Crippen LogP contribution is 2.09. The quantitative estimate of drug-likeness (QED) is 0.585. The van der Waals surface area contributed by atoms with Gasteiger partial charge in [0.15, 0.2) is 0 Å². The maximum atomic E-state index is 11.2. The van der Waals surface area contributed by atoms with Gasteiger partial charge in [-0.3, -0.25) is 9.59 Å². The molecule has 0 heterocycles. The largest absolute Gasteiger partial charge is 0.427 e. The summed E-state index contributed by atoms with van der Waals surface area (Å²) in [5, 5.41) is 0. The van der Waals surface area contributed by atoms with E-state index in [1.54, 1.807) is 24.3 Å². The molecule has 0 fully saturated rings. The summed E-state index contributed by atoms with van der Waals surface area (Å²) in [6.07, 6.45) is -0.143. The topological polar surface area (TPSA) is 52.6 Å². The van der Waals surface area contributed by atoms with Crippen molar-refractivity contribution < 1.29 is 18.6 Å². The van der Waals surface area contributed by atoms with Crippen molar-refractivity contribution in [3.63, 3.8) is 0 Å². The van der Waals surface area contributed by atoms with Crippen LogP contribution in [0.15, 0.2) is 30.3 Å². The monoisotopic (exact) mass is 228 g/mol. The van der Waals surface area contributed by atoms with Gasteiger partial charge in [-0.25, -0.2) is 0 Å². The fourth-order valence-corrected chi connectivity index (χ4v) is 0.991. The van der Waals surface area contributed by atoms with E-state index in [1.165, 1.54) is 0 Å². The van der Waals surface area contributed by atoms with Gasteiger partial charge in [-0.15, -0.1) is 0 Å². The second kappa shape index (κ2) is 6.03. The van der Waals surface area contributed by atoms with Crippen LogP contribution in [0.1, 0.15) is 12.8 Å². The Bertz CT molecular complexity index is 337. The van der Waals surface area contributed by atoms with Gasteiger partial charge in [0, 0.05) is 0 Å². The number of rotatable bonds is 4. The van der Waals surface area contributed by atoms with Crippen LogP contribution in [0.2, 0.25) is 0 Å². The first-order valence-corrected chi connectivity index (χ1v) is 4.60. The smallest absolute Gasteiger partial charge is 0.325 e. The van der Waals surface area contributed by atoms with E-state index in [9.17, 15) is 9.59 Å². The fraction of sp³-hybridized carbons (Fsp3) is 0.200. The summed E-state index contributed by atoms with van der Waals surface area (Å²) in [6, 6.07) is 8.60. The standard InChI is InChI=1S/C10H9ClO4/c11-15-10(13)7-6-9(12)14-8-4-2-1-3-5-8/h1-5H,6-7H2. The summed E-state index contributed by atoms with van der Waals surface area (Å²) in [4.78, 5) is 21.8. The normalized spacial score (nSPS) is 9.40. The summed E-state index contributed by atoms with van der Waals surface area (Å²) >= 11 is 4.79. The molecule has 1 aromatic rings. The Kier molecular flexibility index (Phi) is 4.63. The SMILES string of the molecule is O=C(CCC(=O)Oc1ccccc1)OCl. The molecule has 0 spiro atoms. The van der Waals surface area contributed by atoms with E-state index < -0.39 is 11.9 Å². The minimum atomic E-state index is -0.651. The lowest BCUT2D eigenvalue weighted by Crippen LogP contribution is -2.10. The van der Waals surface area contributed by atoms with Gasteiger partial charge in [0.2, 0.25) is 0 Å². The molecular formula is C10H9ClO4. The van der Waals surface area contributed by atoms with Gasteiger partial charge < -0.3 is 9.03 Å². The summed E-state index contributed by atoms with van der Waals surface area (Å²) in [5.74, 6) is -0.702. The zero-order valence-corrected chi connectivity index (χ0v) is 8.57. The minimum Gasteiger partial charge on any atom is -0.427 e. The molecule has 0 aromatic heterocycles. The predicted molar refractivity (Wildman–Crippen MR) is 53.3 cm³/mol. The number of para-hydroxylation sites is 1. The number of esters is 1. The highest BCUT2D eigenvalue weighted by Gasteiger charge is 2.09. The van der Waals surface area contributed by atoms with E-state index in [0.29, 0.717) is 5.75 Å². The molecule has 0 amide bonds. The summed E-state index contributed by atoms with van der Waals surface area (Å²) in [7, 11) is 0. The third-order valence-corrected chi connectivity index (χ3v) is 1.77. The van der Waals surface area contributed by atoms with E-state index in [-0.39, 0.29) is 12.8 Å². The van der Waals surface area contributed by atoms with Crippen LogP contribution in [-0.4, -0.2) is 11.9 Å². The lowest BCUT2D eigenvalue weighted by molar-refractivity contribution is -0.140. The first-order chi connectivity index (χ1) is 7.22. The second-order valence-corrected chi connectivity index (χ2v) is 2.89. The maximum absolute atomic E-state index is 11.2. The highest BCUT2D eigenvalue weighted by atomic mass is 35.5. The molecule has 0 bridgehead atoms. The summed E-state index contributed by atoms with van der Waals surface area (Å²) < 4.78 is 8.80. The van der Waals surface area contributed by atoms with Gasteiger partial charge in [-0.05, 0) is 12.1 Å². The molecule has 0 unspecified atom stereocenters. The van der Waals surface area contributed by atoms with Crippen LogP contribution in [-0.2, 0) is 13.9 Å². The minimum absolute atomic E-state index is 0.0551. The van der Waals surface area contributed by atoms with E-state index in [4.69, 9.17) is 16.6 Å². The molecule has 0 aliphatic heterocycles. The zero-order chi connectivity index (χ0) is 11.1. The molecule has 0 saturated heterocycles. The van der Waals surface area contributed by atoms with Crippen molar-refractivity contribution in [2.45, 2.75) is 12.8 Å². The van der Waals surface area contributed by atoms with Crippen molar-refractivity contribution in [1.29, 1.82) is 0 Å². The van der Waals surface area contributed by atoms with Gasteiger partial charge in [0.25, 0.3) is 0 Å². The number of carbonyl (C=O) groups excluding carboxylic acids is 2. The Labute approximate surface area is 91.9 Å². The van der Waals surface area contributed by atoms with Gasteiger partial charge >= 0.3 is 11.9 Å². The molecule has 1 aromatic carbocycles. The van der Waals surface area contributed by atoms with Crippen LogP contribution in [0.3, 0.4) is 0 Å².